The van der Waals surface area contributed by atoms with Crippen LogP contribution in [0, 0.1) is 0 Å². The second kappa shape index (κ2) is 5.21. The van der Waals surface area contributed by atoms with Crippen LogP contribution in [0.15, 0.2) is 48.5 Å². The summed E-state index contributed by atoms with van der Waals surface area (Å²) in [5, 5.41) is 9.64. The number of hydrogen-bond acceptors (Lipinski definition) is 3. The molecule has 2 aromatic rings. The Labute approximate surface area is 117 Å². The third-order valence-corrected chi connectivity index (χ3v) is 3.32. The van der Waals surface area contributed by atoms with Crippen LogP contribution in [-0.2, 0) is 6.42 Å². The van der Waals surface area contributed by atoms with Gasteiger partial charge in [0.2, 0.25) is 0 Å². The first-order chi connectivity index (χ1) is 9.74. The van der Waals surface area contributed by atoms with E-state index < -0.39 is 0 Å². The van der Waals surface area contributed by atoms with Crippen LogP contribution in [0.25, 0.3) is 6.08 Å². The van der Waals surface area contributed by atoms with E-state index in [9.17, 15) is 9.90 Å². The second-order valence-corrected chi connectivity index (χ2v) is 4.68. The van der Waals surface area contributed by atoms with Crippen molar-refractivity contribution in [1.82, 2.24) is 0 Å². The van der Waals surface area contributed by atoms with Crippen LogP contribution < -0.4 is 4.74 Å². The molecule has 1 aliphatic rings. The summed E-state index contributed by atoms with van der Waals surface area (Å²) in [6.45, 7) is 0.681. The number of carbonyl (C=O) groups excluding carboxylic acids is 1. The molecule has 20 heavy (non-hydrogen) atoms. The molecule has 0 amide bonds. The molecule has 1 N–H and O–H groups in total. The molecule has 100 valence electrons. The molecule has 0 saturated carbocycles. The summed E-state index contributed by atoms with van der Waals surface area (Å²) >= 11 is 0. The lowest BCUT2D eigenvalue weighted by Gasteiger charge is -2.01. The number of hydrogen-bond donors (Lipinski definition) is 1. The van der Waals surface area contributed by atoms with Gasteiger partial charge in [-0.3, -0.25) is 4.79 Å². The van der Waals surface area contributed by atoms with Gasteiger partial charge in [0, 0.05) is 17.5 Å². The lowest BCUT2D eigenvalue weighted by atomic mass is 10.0. The number of aromatic hydroxyl groups is 1. The van der Waals surface area contributed by atoms with Crippen LogP contribution in [0.1, 0.15) is 21.5 Å². The van der Waals surface area contributed by atoms with E-state index in [-0.39, 0.29) is 11.5 Å². The van der Waals surface area contributed by atoms with E-state index in [0.717, 1.165) is 17.7 Å². The minimum atomic E-state index is -0.0806. The number of rotatable bonds is 3. The van der Waals surface area contributed by atoms with Crippen LogP contribution in [0.5, 0.6) is 11.5 Å². The van der Waals surface area contributed by atoms with Crippen LogP contribution >= 0.6 is 0 Å². The van der Waals surface area contributed by atoms with Crippen molar-refractivity contribution in [1.29, 1.82) is 0 Å². The lowest BCUT2D eigenvalue weighted by molar-refractivity contribution is 0.104. The predicted molar refractivity (Wildman–Crippen MR) is 77.1 cm³/mol. The fourth-order valence-corrected chi connectivity index (χ4v) is 2.23. The smallest absolute Gasteiger partial charge is 0.185 e. The van der Waals surface area contributed by atoms with Gasteiger partial charge in [0.05, 0.1) is 6.61 Å². The minimum absolute atomic E-state index is 0.0806. The number of phenols is 1. The number of carbonyl (C=O) groups is 1. The topological polar surface area (TPSA) is 46.5 Å². The molecule has 0 aromatic heterocycles. The summed E-state index contributed by atoms with van der Waals surface area (Å²) in [5.41, 5.74) is 2.35. The van der Waals surface area contributed by atoms with E-state index in [4.69, 9.17) is 4.74 Å². The van der Waals surface area contributed by atoms with Gasteiger partial charge < -0.3 is 9.84 Å². The van der Waals surface area contributed by atoms with Crippen molar-refractivity contribution < 1.29 is 14.6 Å². The number of ketones is 1. The molecule has 2 aromatic carbocycles. The van der Waals surface area contributed by atoms with Crippen molar-refractivity contribution in [2.24, 2.45) is 0 Å². The maximum atomic E-state index is 12.1. The SMILES string of the molecule is O=C(/C=C/c1ccccc1O)c1ccc2c(c1)CCO2. The average Bonchev–Trinajstić information content (AvgIpc) is 2.93. The van der Waals surface area contributed by atoms with Crippen LogP contribution in [0.2, 0.25) is 0 Å². The molecule has 0 bridgehead atoms. The molecule has 0 saturated heterocycles. The Kier molecular flexibility index (Phi) is 3.25. The largest absolute Gasteiger partial charge is 0.507 e. The number of fused-ring (bicyclic) bond motifs is 1. The molecule has 0 fully saturated rings. The van der Waals surface area contributed by atoms with Gasteiger partial charge in [0.1, 0.15) is 11.5 Å². The maximum Gasteiger partial charge on any atom is 0.185 e. The lowest BCUT2D eigenvalue weighted by Crippen LogP contribution is -1.95. The Balaban J connectivity index is 1.81. The molecule has 3 rings (SSSR count). The molecule has 0 radical (unpaired) electrons. The zero-order chi connectivity index (χ0) is 13.9. The Bertz CT molecular complexity index is 686. The van der Waals surface area contributed by atoms with Crippen LogP contribution in [0.3, 0.4) is 0 Å². The first kappa shape index (κ1) is 12.5. The fraction of sp³-hybridized carbons (Fsp3) is 0.118. The summed E-state index contributed by atoms with van der Waals surface area (Å²) in [6, 6.07) is 12.4. The zero-order valence-corrected chi connectivity index (χ0v) is 10.9. The summed E-state index contributed by atoms with van der Waals surface area (Å²) in [6.07, 6.45) is 3.95. The van der Waals surface area contributed by atoms with Gasteiger partial charge in [-0.2, -0.15) is 0 Å². The molecule has 0 aliphatic carbocycles. The highest BCUT2D eigenvalue weighted by molar-refractivity contribution is 6.07. The number of ether oxygens (including phenoxy) is 1. The van der Waals surface area contributed by atoms with Gasteiger partial charge in [-0.05, 0) is 42.0 Å². The first-order valence-corrected chi connectivity index (χ1v) is 6.50. The third kappa shape index (κ3) is 2.43. The van der Waals surface area contributed by atoms with Crippen molar-refractivity contribution in [3.63, 3.8) is 0 Å². The summed E-state index contributed by atoms with van der Waals surface area (Å²) in [4.78, 5) is 12.1. The van der Waals surface area contributed by atoms with Crippen molar-refractivity contribution in [3.8, 4) is 11.5 Å². The van der Waals surface area contributed by atoms with Crippen molar-refractivity contribution in [2.75, 3.05) is 6.61 Å². The zero-order valence-electron chi connectivity index (χ0n) is 10.9. The third-order valence-electron chi connectivity index (χ3n) is 3.32. The Morgan fingerprint density at radius 2 is 2.05 bits per heavy atom. The number of phenolic OH excluding ortho intramolecular Hbond substituents is 1. The van der Waals surface area contributed by atoms with E-state index >= 15 is 0 Å². The van der Waals surface area contributed by atoms with Crippen molar-refractivity contribution in [2.45, 2.75) is 6.42 Å². The minimum Gasteiger partial charge on any atom is -0.507 e. The van der Waals surface area contributed by atoms with Gasteiger partial charge in [-0.25, -0.2) is 0 Å². The summed E-state index contributed by atoms with van der Waals surface area (Å²) < 4.78 is 5.42. The quantitative estimate of drug-likeness (QED) is 0.685. The van der Waals surface area contributed by atoms with Crippen LogP contribution in [0.4, 0.5) is 0 Å². The predicted octanol–water partition coefficient (Wildman–Crippen LogP) is 3.22. The highest BCUT2D eigenvalue weighted by Gasteiger charge is 2.13. The van der Waals surface area contributed by atoms with E-state index in [1.165, 1.54) is 6.08 Å². The van der Waals surface area contributed by atoms with Crippen molar-refractivity contribution in [3.05, 3.63) is 65.2 Å². The standard InChI is InChI=1S/C17H14O3/c18-15-4-2-1-3-12(15)5-7-16(19)13-6-8-17-14(11-13)9-10-20-17/h1-8,11,18H,9-10H2/b7-5+. The monoisotopic (exact) mass is 266 g/mol. The molecule has 0 spiro atoms. The number of allylic oxidation sites excluding steroid dienone is 1. The second-order valence-electron chi connectivity index (χ2n) is 4.68. The van der Waals surface area contributed by atoms with Gasteiger partial charge in [-0.15, -0.1) is 0 Å². The van der Waals surface area contributed by atoms with E-state index in [2.05, 4.69) is 0 Å². The van der Waals surface area contributed by atoms with Crippen molar-refractivity contribution >= 4 is 11.9 Å². The van der Waals surface area contributed by atoms with Gasteiger partial charge in [0.25, 0.3) is 0 Å². The first-order valence-electron chi connectivity index (χ1n) is 6.50. The van der Waals surface area contributed by atoms with Gasteiger partial charge in [-0.1, -0.05) is 18.2 Å². The Morgan fingerprint density at radius 1 is 1.20 bits per heavy atom. The summed E-state index contributed by atoms with van der Waals surface area (Å²) in [5.74, 6) is 0.952. The summed E-state index contributed by atoms with van der Waals surface area (Å²) in [7, 11) is 0. The highest BCUT2D eigenvalue weighted by Crippen LogP contribution is 2.26. The number of benzene rings is 2. The van der Waals surface area contributed by atoms with Gasteiger partial charge >= 0.3 is 0 Å². The molecule has 0 atom stereocenters. The molecular formula is C17H14O3. The molecule has 3 heteroatoms. The molecule has 3 nitrogen and oxygen atoms in total. The fourth-order valence-electron chi connectivity index (χ4n) is 2.23. The van der Waals surface area contributed by atoms with E-state index in [0.29, 0.717) is 17.7 Å². The Hall–Kier alpha value is -2.55. The number of para-hydroxylation sites is 1. The normalized spacial score (nSPS) is 13.2. The van der Waals surface area contributed by atoms with E-state index in [1.807, 2.05) is 18.2 Å². The molecular weight excluding hydrogens is 252 g/mol. The highest BCUT2D eigenvalue weighted by atomic mass is 16.5. The molecule has 1 aliphatic heterocycles. The molecule has 1 heterocycles. The average molecular weight is 266 g/mol. The van der Waals surface area contributed by atoms with E-state index in [1.54, 1.807) is 30.3 Å². The maximum absolute atomic E-state index is 12.1. The molecule has 0 unspecified atom stereocenters. The van der Waals surface area contributed by atoms with Gasteiger partial charge in [0.15, 0.2) is 5.78 Å². The Morgan fingerprint density at radius 3 is 2.90 bits per heavy atom. The van der Waals surface area contributed by atoms with Crippen LogP contribution in [-0.4, -0.2) is 17.5 Å².